The van der Waals surface area contributed by atoms with Gasteiger partial charge in [-0.15, -0.1) is 0 Å². The lowest BCUT2D eigenvalue weighted by Crippen LogP contribution is -2.34. The Kier molecular flexibility index (Phi) is 3.92. The Balaban J connectivity index is 1.68. The number of rotatable bonds is 5. The van der Waals surface area contributed by atoms with E-state index in [0.717, 1.165) is 30.8 Å². The molecule has 0 amide bonds. The van der Waals surface area contributed by atoms with Crippen LogP contribution in [0.4, 0.5) is 0 Å². The van der Waals surface area contributed by atoms with Crippen molar-refractivity contribution in [1.82, 2.24) is 4.90 Å². The van der Waals surface area contributed by atoms with Gasteiger partial charge in [0.15, 0.2) is 17.3 Å². The molecule has 1 fully saturated rings. The van der Waals surface area contributed by atoms with Gasteiger partial charge in [-0.05, 0) is 50.6 Å². The molecule has 0 spiro atoms. The van der Waals surface area contributed by atoms with Gasteiger partial charge in [0.2, 0.25) is 6.79 Å². The van der Waals surface area contributed by atoms with Gasteiger partial charge in [-0.2, -0.15) is 0 Å². The maximum absolute atomic E-state index is 12.4. The molecule has 0 saturated carbocycles. The van der Waals surface area contributed by atoms with Crippen molar-refractivity contribution in [3.63, 3.8) is 0 Å². The standard InChI is InChI=1S/C16H21NO3/c1-2-13(17-7-3-4-8-17)10-14(18)12-5-6-15-16(9-12)20-11-19-15/h5-6,9,13H,2-4,7-8,10-11H2,1H3. The summed E-state index contributed by atoms with van der Waals surface area (Å²) in [7, 11) is 0. The lowest BCUT2D eigenvalue weighted by molar-refractivity contribution is 0.0930. The van der Waals surface area contributed by atoms with E-state index in [0.29, 0.717) is 18.2 Å². The molecule has 2 aliphatic heterocycles. The van der Waals surface area contributed by atoms with E-state index in [1.165, 1.54) is 12.8 Å². The molecule has 1 unspecified atom stereocenters. The van der Waals surface area contributed by atoms with Crippen LogP contribution < -0.4 is 9.47 Å². The number of nitrogens with zero attached hydrogens (tertiary/aromatic N) is 1. The van der Waals surface area contributed by atoms with Crippen LogP contribution in [0.3, 0.4) is 0 Å². The molecule has 20 heavy (non-hydrogen) atoms. The predicted octanol–water partition coefficient (Wildman–Crippen LogP) is 2.86. The summed E-state index contributed by atoms with van der Waals surface area (Å²) in [6, 6.07) is 5.84. The molecule has 3 rings (SSSR count). The normalized spacial score (nSPS) is 19.2. The fourth-order valence-corrected chi connectivity index (χ4v) is 3.04. The highest BCUT2D eigenvalue weighted by atomic mass is 16.7. The van der Waals surface area contributed by atoms with Crippen molar-refractivity contribution in [2.24, 2.45) is 0 Å². The Labute approximate surface area is 119 Å². The summed E-state index contributed by atoms with van der Waals surface area (Å²) >= 11 is 0. The minimum Gasteiger partial charge on any atom is -0.454 e. The molecule has 0 radical (unpaired) electrons. The summed E-state index contributed by atoms with van der Waals surface area (Å²) in [5.74, 6) is 1.61. The molecule has 0 N–H and O–H groups in total. The van der Waals surface area contributed by atoms with E-state index in [1.54, 1.807) is 6.07 Å². The summed E-state index contributed by atoms with van der Waals surface area (Å²) in [5, 5.41) is 0. The van der Waals surface area contributed by atoms with Crippen molar-refractivity contribution < 1.29 is 14.3 Å². The first-order valence-electron chi connectivity index (χ1n) is 7.45. The van der Waals surface area contributed by atoms with Crippen molar-refractivity contribution in [3.05, 3.63) is 23.8 Å². The first kappa shape index (κ1) is 13.4. The maximum atomic E-state index is 12.4. The van der Waals surface area contributed by atoms with Crippen LogP contribution in [-0.2, 0) is 0 Å². The molecule has 4 nitrogen and oxygen atoms in total. The Bertz CT molecular complexity index is 494. The summed E-state index contributed by atoms with van der Waals surface area (Å²) in [4.78, 5) is 14.9. The summed E-state index contributed by atoms with van der Waals surface area (Å²) < 4.78 is 10.6. The highest BCUT2D eigenvalue weighted by Crippen LogP contribution is 2.33. The van der Waals surface area contributed by atoms with Crippen molar-refractivity contribution in [2.75, 3.05) is 19.9 Å². The van der Waals surface area contributed by atoms with Crippen LogP contribution in [0.2, 0.25) is 0 Å². The minimum atomic E-state index is 0.196. The summed E-state index contributed by atoms with van der Waals surface area (Å²) in [6.07, 6.45) is 4.13. The third-order valence-electron chi connectivity index (χ3n) is 4.24. The molecule has 1 aromatic rings. The number of benzene rings is 1. The van der Waals surface area contributed by atoms with Crippen LogP contribution in [0, 0.1) is 0 Å². The first-order chi connectivity index (χ1) is 9.78. The third kappa shape index (κ3) is 2.66. The monoisotopic (exact) mass is 275 g/mol. The zero-order chi connectivity index (χ0) is 13.9. The summed E-state index contributed by atoms with van der Waals surface area (Å²) in [5.41, 5.74) is 0.729. The van der Waals surface area contributed by atoms with Gasteiger partial charge < -0.3 is 9.47 Å². The number of likely N-dealkylation sites (tertiary alicyclic amines) is 1. The molecule has 0 aromatic heterocycles. The summed E-state index contributed by atoms with van der Waals surface area (Å²) in [6.45, 7) is 4.67. The highest BCUT2D eigenvalue weighted by molar-refractivity contribution is 5.97. The van der Waals surface area contributed by atoms with Crippen molar-refractivity contribution >= 4 is 5.78 Å². The SMILES string of the molecule is CCC(CC(=O)c1ccc2c(c1)OCO2)N1CCCC1. The number of ketones is 1. The van der Waals surface area contributed by atoms with Crippen LogP contribution in [0.25, 0.3) is 0 Å². The molecule has 1 atom stereocenters. The predicted molar refractivity (Wildman–Crippen MR) is 76.4 cm³/mol. The first-order valence-corrected chi connectivity index (χ1v) is 7.45. The van der Waals surface area contributed by atoms with Crippen molar-refractivity contribution in [2.45, 2.75) is 38.6 Å². The van der Waals surface area contributed by atoms with Gasteiger partial charge in [-0.25, -0.2) is 0 Å². The second-order valence-electron chi connectivity index (χ2n) is 5.50. The zero-order valence-corrected chi connectivity index (χ0v) is 11.9. The molecule has 0 bridgehead atoms. The topological polar surface area (TPSA) is 38.8 Å². The van der Waals surface area contributed by atoms with Gasteiger partial charge in [0.25, 0.3) is 0 Å². The van der Waals surface area contributed by atoms with E-state index in [2.05, 4.69) is 11.8 Å². The third-order valence-corrected chi connectivity index (χ3v) is 4.24. The number of hydrogen-bond donors (Lipinski definition) is 0. The zero-order valence-electron chi connectivity index (χ0n) is 11.9. The van der Waals surface area contributed by atoms with Gasteiger partial charge in [0, 0.05) is 18.0 Å². The second kappa shape index (κ2) is 5.83. The number of ether oxygens (including phenoxy) is 2. The Morgan fingerprint density at radius 2 is 2.00 bits per heavy atom. The number of carbonyl (C=O) groups excluding carboxylic acids is 1. The number of carbonyl (C=O) groups is 1. The molecular formula is C16H21NO3. The second-order valence-corrected chi connectivity index (χ2v) is 5.50. The largest absolute Gasteiger partial charge is 0.454 e. The average Bonchev–Trinajstić information content (AvgIpc) is 3.14. The number of fused-ring (bicyclic) bond motifs is 1. The van der Waals surface area contributed by atoms with Gasteiger partial charge in [0.05, 0.1) is 0 Å². The van der Waals surface area contributed by atoms with Crippen molar-refractivity contribution in [1.29, 1.82) is 0 Å². The number of hydrogen-bond acceptors (Lipinski definition) is 4. The van der Waals surface area contributed by atoms with Crippen LogP contribution >= 0.6 is 0 Å². The average molecular weight is 275 g/mol. The lowest BCUT2D eigenvalue weighted by atomic mass is 10.0. The quantitative estimate of drug-likeness (QED) is 0.775. The van der Waals surface area contributed by atoms with E-state index in [4.69, 9.17) is 9.47 Å². The highest BCUT2D eigenvalue weighted by Gasteiger charge is 2.24. The fourth-order valence-electron chi connectivity index (χ4n) is 3.04. The van der Waals surface area contributed by atoms with Crippen LogP contribution in [0.5, 0.6) is 11.5 Å². The van der Waals surface area contributed by atoms with Crippen molar-refractivity contribution in [3.8, 4) is 11.5 Å². The van der Waals surface area contributed by atoms with Crippen LogP contribution in [0.15, 0.2) is 18.2 Å². The molecule has 1 saturated heterocycles. The Hall–Kier alpha value is -1.55. The molecule has 108 valence electrons. The fraction of sp³-hybridized carbons (Fsp3) is 0.562. The van der Waals surface area contributed by atoms with E-state index in [9.17, 15) is 4.79 Å². The van der Waals surface area contributed by atoms with Crippen LogP contribution in [0.1, 0.15) is 43.0 Å². The molecular weight excluding hydrogens is 254 g/mol. The van der Waals surface area contributed by atoms with E-state index in [-0.39, 0.29) is 12.6 Å². The molecule has 1 aromatic carbocycles. The van der Waals surface area contributed by atoms with Crippen LogP contribution in [-0.4, -0.2) is 36.6 Å². The van der Waals surface area contributed by atoms with Gasteiger partial charge in [-0.3, -0.25) is 9.69 Å². The molecule has 2 heterocycles. The van der Waals surface area contributed by atoms with E-state index < -0.39 is 0 Å². The Morgan fingerprint density at radius 3 is 2.75 bits per heavy atom. The molecule has 2 aliphatic rings. The number of Topliss-reactive ketones (excluding diaryl/α,β-unsaturated/α-hetero) is 1. The minimum absolute atomic E-state index is 0.196. The van der Waals surface area contributed by atoms with E-state index in [1.807, 2.05) is 12.1 Å². The molecule has 4 heteroatoms. The maximum Gasteiger partial charge on any atom is 0.231 e. The van der Waals surface area contributed by atoms with Gasteiger partial charge >= 0.3 is 0 Å². The Morgan fingerprint density at radius 1 is 1.25 bits per heavy atom. The molecule has 0 aliphatic carbocycles. The van der Waals surface area contributed by atoms with Gasteiger partial charge in [-0.1, -0.05) is 6.92 Å². The van der Waals surface area contributed by atoms with E-state index >= 15 is 0 Å². The van der Waals surface area contributed by atoms with Gasteiger partial charge in [0.1, 0.15) is 0 Å². The smallest absolute Gasteiger partial charge is 0.231 e. The lowest BCUT2D eigenvalue weighted by Gasteiger charge is -2.25.